The maximum Gasteiger partial charge on any atom is 0.165 e. The second-order valence-corrected chi connectivity index (χ2v) is 14.3. The van der Waals surface area contributed by atoms with Crippen LogP contribution in [0.3, 0.4) is 0 Å². The van der Waals surface area contributed by atoms with Crippen molar-refractivity contribution in [2.45, 2.75) is 0 Å². The van der Waals surface area contributed by atoms with Gasteiger partial charge < -0.3 is 4.57 Å². The number of hydrogen-bond donors (Lipinski definition) is 0. The summed E-state index contributed by atoms with van der Waals surface area (Å²) in [6.45, 7) is 0. The van der Waals surface area contributed by atoms with Crippen LogP contribution in [0.2, 0.25) is 0 Å². The van der Waals surface area contributed by atoms with Gasteiger partial charge in [-0.2, -0.15) is 0 Å². The van der Waals surface area contributed by atoms with Crippen LogP contribution in [0, 0.1) is 0 Å². The molecular weight excluding hydrogens is 653 g/mol. The van der Waals surface area contributed by atoms with Crippen molar-refractivity contribution in [3.63, 3.8) is 0 Å². The van der Waals surface area contributed by atoms with Gasteiger partial charge in [-0.3, -0.25) is 0 Å². The van der Waals surface area contributed by atoms with E-state index in [1.165, 1.54) is 63.5 Å². The van der Waals surface area contributed by atoms with Gasteiger partial charge in [-0.15, -0.1) is 11.3 Å². The average molecular weight is 681 g/mol. The van der Waals surface area contributed by atoms with E-state index in [0.29, 0.717) is 17.5 Å². The fourth-order valence-corrected chi connectivity index (χ4v) is 8.97. The summed E-state index contributed by atoms with van der Waals surface area (Å²) in [6.07, 6.45) is 0. The number of rotatable bonds is 4. The largest absolute Gasteiger partial charge is 0.309 e. The van der Waals surface area contributed by atoms with E-state index in [0.717, 1.165) is 22.4 Å². The Balaban J connectivity index is 1.11. The van der Waals surface area contributed by atoms with Gasteiger partial charge in [0.2, 0.25) is 0 Å². The molecule has 0 N–H and O–H groups in total. The first-order chi connectivity index (χ1) is 25.8. The molecule has 0 amide bonds. The van der Waals surface area contributed by atoms with Crippen LogP contribution in [0.1, 0.15) is 0 Å². The van der Waals surface area contributed by atoms with Crippen LogP contribution in [0.25, 0.3) is 103 Å². The summed E-state index contributed by atoms with van der Waals surface area (Å²) in [5.74, 6) is 1.97. The number of thiophene rings is 1. The minimum atomic E-state index is 0.646. The Morgan fingerprint density at radius 3 is 1.85 bits per heavy atom. The summed E-state index contributed by atoms with van der Waals surface area (Å²) in [7, 11) is 0. The molecule has 0 spiro atoms. The Morgan fingerprint density at radius 1 is 0.404 bits per heavy atom. The summed E-state index contributed by atoms with van der Waals surface area (Å²) >= 11 is 1.79. The zero-order chi connectivity index (χ0) is 34.2. The molecule has 8 aromatic carbocycles. The van der Waals surface area contributed by atoms with Crippen LogP contribution in [-0.2, 0) is 0 Å². The Morgan fingerprint density at radius 2 is 1.04 bits per heavy atom. The van der Waals surface area contributed by atoms with Gasteiger partial charge in [0, 0.05) is 58.7 Å². The summed E-state index contributed by atoms with van der Waals surface area (Å²) in [6, 6.07) is 60.3. The van der Waals surface area contributed by atoms with E-state index >= 15 is 0 Å². The highest BCUT2D eigenvalue weighted by atomic mass is 32.1. The predicted octanol–water partition coefficient (Wildman–Crippen LogP) is 12.6. The molecule has 52 heavy (non-hydrogen) atoms. The van der Waals surface area contributed by atoms with Gasteiger partial charge in [0.05, 0.1) is 11.0 Å². The first kappa shape index (κ1) is 29.1. The maximum absolute atomic E-state index is 5.16. The van der Waals surface area contributed by atoms with Crippen LogP contribution in [0.4, 0.5) is 0 Å². The molecule has 242 valence electrons. The second kappa shape index (κ2) is 11.4. The van der Waals surface area contributed by atoms with Crippen molar-refractivity contribution < 1.29 is 0 Å². The standard InChI is InChI=1S/C47H28N4S/c1-2-12-30(13-3-1)45-48-46(50-47(49-45)39-19-10-18-38-36-17-8-9-20-42(36)52-44(38)39)31-21-24-34(25-22-31)51-41-28-33-15-5-4-14-32(33)27-40(41)37-26-23-29-11-6-7-16-35(29)43(37)51/h1-28H. The van der Waals surface area contributed by atoms with Crippen LogP contribution in [0.15, 0.2) is 170 Å². The van der Waals surface area contributed by atoms with E-state index < -0.39 is 0 Å². The minimum Gasteiger partial charge on any atom is -0.309 e. The number of aromatic nitrogens is 4. The molecule has 0 atom stereocenters. The Kier molecular flexibility index (Phi) is 6.39. The highest BCUT2D eigenvalue weighted by Gasteiger charge is 2.19. The third-order valence-corrected chi connectivity index (χ3v) is 11.4. The molecular formula is C47H28N4S. The van der Waals surface area contributed by atoms with Gasteiger partial charge in [0.1, 0.15) is 0 Å². The minimum absolute atomic E-state index is 0.646. The molecule has 0 radical (unpaired) electrons. The van der Waals surface area contributed by atoms with Crippen molar-refractivity contribution in [3.8, 4) is 39.9 Å². The first-order valence-electron chi connectivity index (χ1n) is 17.4. The lowest BCUT2D eigenvalue weighted by molar-refractivity contribution is 1.08. The first-order valence-corrected chi connectivity index (χ1v) is 18.3. The highest BCUT2D eigenvalue weighted by molar-refractivity contribution is 7.26. The van der Waals surface area contributed by atoms with E-state index in [1.807, 2.05) is 18.2 Å². The van der Waals surface area contributed by atoms with Gasteiger partial charge >= 0.3 is 0 Å². The SMILES string of the molecule is c1ccc(-c2nc(-c3ccc(-n4c5cc6ccccc6cc5c5ccc6ccccc6c54)cc3)nc(-c3cccc4c3sc3ccccc34)n2)cc1. The zero-order valence-corrected chi connectivity index (χ0v) is 28.7. The number of hydrogen-bond acceptors (Lipinski definition) is 4. The van der Waals surface area contributed by atoms with Crippen molar-refractivity contribution in [2.24, 2.45) is 0 Å². The number of benzene rings is 8. The van der Waals surface area contributed by atoms with E-state index in [4.69, 9.17) is 15.0 Å². The second-order valence-electron chi connectivity index (χ2n) is 13.2. The molecule has 3 aromatic heterocycles. The topological polar surface area (TPSA) is 43.6 Å². The van der Waals surface area contributed by atoms with Crippen LogP contribution < -0.4 is 0 Å². The maximum atomic E-state index is 5.16. The monoisotopic (exact) mass is 680 g/mol. The van der Waals surface area contributed by atoms with Crippen LogP contribution in [0.5, 0.6) is 0 Å². The summed E-state index contributed by atoms with van der Waals surface area (Å²) in [5.41, 5.74) is 6.38. The molecule has 0 bridgehead atoms. The summed E-state index contributed by atoms with van der Waals surface area (Å²) in [4.78, 5) is 15.3. The molecule has 0 fully saturated rings. The molecule has 4 nitrogen and oxygen atoms in total. The molecule has 0 aliphatic heterocycles. The lowest BCUT2D eigenvalue weighted by Gasteiger charge is -2.12. The van der Waals surface area contributed by atoms with Gasteiger partial charge in [-0.1, -0.05) is 121 Å². The fourth-order valence-electron chi connectivity index (χ4n) is 7.76. The fraction of sp³-hybridized carbons (Fsp3) is 0. The number of nitrogens with zero attached hydrogens (tertiary/aromatic N) is 4. The molecule has 0 aliphatic carbocycles. The van der Waals surface area contributed by atoms with E-state index in [9.17, 15) is 0 Å². The van der Waals surface area contributed by atoms with Gasteiger partial charge in [0.15, 0.2) is 17.5 Å². The third kappa shape index (κ3) is 4.50. The zero-order valence-electron chi connectivity index (χ0n) is 27.9. The van der Waals surface area contributed by atoms with E-state index in [2.05, 4.69) is 156 Å². The molecule has 11 aromatic rings. The number of fused-ring (bicyclic) bond motifs is 9. The summed E-state index contributed by atoms with van der Waals surface area (Å²) in [5, 5.41) is 9.88. The molecule has 0 aliphatic rings. The Hall–Kier alpha value is -6.69. The molecule has 0 unspecified atom stereocenters. The Bertz CT molecular complexity index is 3180. The highest BCUT2D eigenvalue weighted by Crippen LogP contribution is 2.41. The lowest BCUT2D eigenvalue weighted by Crippen LogP contribution is -2.00. The van der Waals surface area contributed by atoms with Crippen molar-refractivity contribution >= 4 is 74.9 Å². The molecule has 11 rings (SSSR count). The predicted molar refractivity (Wildman–Crippen MR) is 218 cm³/mol. The smallest absolute Gasteiger partial charge is 0.165 e. The van der Waals surface area contributed by atoms with Crippen molar-refractivity contribution in [1.29, 1.82) is 0 Å². The van der Waals surface area contributed by atoms with Gasteiger partial charge in [0.25, 0.3) is 0 Å². The van der Waals surface area contributed by atoms with Gasteiger partial charge in [-0.05, 0) is 64.7 Å². The Labute approximate surface area is 302 Å². The van der Waals surface area contributed by atoms with Crippen LogP contribution >= 0.6 is 11.3 Å². The quantitative estimate of drug-likeness (QED) is 0.186. The summed E-state index contributed by atoms with van der Waals surface area (Å²) < 4.78 is 4.85. The van der Waals surface area contributed by atoms with Crippen molar-refractivity contribution in [2.75, 3.05) is 0 Å². The molecule has 0 saturated carbocycles. The van der Waals surface area contributed by atoms with Crippen molar-refractivity contribution in [3.05, 3.63) is 170 Å². The van der Waals surface area contributed by atoms with Crippen LogP contribution in [-0.4, -0.2) is 19.5 Å². The van der Waals surface area contributed by atoms with Gasteiger partial charge in [-0.25, -0.2) is 15.0 Å². The lowest BCUT2D eigenvalue weighted by atomic mass is 10.0. The normalized spacial score (nSPS) is 11.8. The van der Waals surface area contributed by atoms with Crippen molar-refractivity contribution in [1.82, 2.24) is 19.5 Å². The third-order valence-electron chi connectivity index (χ3n) is 10.2. The van der Waals surface area contributed by atoms with E-state index in [-0.39, 0.29) is 0 Å². The molecule has 0 saturated heterocycles. The average Bonchev–Trinajstić information content (AvgIpc) is 3.76. The molecule has 5 heteroatoms. The molecule has 3 heterocycles. The van der Waals surface area contributed by atoms with E-state index in [1.54, 1.807) is 11.3 Å².